The first kappa shape index (κ1) is 20.7. The summed E-state index contributed by atoms with van der Waals surface area (Å²) in [6.45, 7) is 2.81. The highest BCUT2D eigenvalue weighted by Crippen LogP contribution is 2.35. The van der Waals surface area contributed by atoms with Gasteiger partial charge in [0.15, 0.2) is 12.1 Å². The number of carbonyl (C=O) groups excluding carboxylic acids is 1. The SMILES string of the molecule is Cc1cnc(Oc2ccc(C(F)(F)F)nc2)c(C2CCN(C=C(F)C=O)CC2)n1. The molecule has 0 unspecified atom stereocenters. The lowest BCUT2D eigenvalue weighted by atomic mass is 9.93. The Kier molecular flexibility index (Phi) is 6.09. The number of aldehydes is 1. The van der Waals surface area contributed by atoms with E-state index in [9.17, 15) is 22.4 Å². The van der Waals surface area contributed by atoms with E-state index >= 15 is 0 Å². The third-order valence-corrected chi connectivity index (χ3v) is 4.46. The van der Waals surface area contributed by atoms with E-state index in [2.05, 4.69) is 15.0 Å². The molecule has 6 nitrogen and oxygen atoms in total. The number of rotatable bonds is 5. The number of ether oxygens (including phenoxy) is 1. The Morgan fingerprint density at radius 1 is 1.21 bits per heavy atom. The smallest absolute Gasteiger partial charge is 0.433 e. The van der Waals surface area contributed by atoms with E-state index in [0.29, 0.717) is 37.3 Å². The molecule has 3 heterocycles. The molecule has 0 amide bonds. The minimum absolute atomic E-state index is 0.0243. The summed E-state index contributed by atoms with van der Waals surface area (Å²) in [5.74, 6) is -0.544. The molecule has 3 rings (SSSR count). The summed E-state index contributed by atoms with van der Waals surface area (Å²) < 4.78 is 56.8. The number of allylic oxidation sites excluding steroid dienone is 1. The molecule has 0 aliphatic carbocycles. The van der Waals surface area contributed by atoms with E-state index in [1.807, 2.05) is 0 Å². The van der Waals surface area contributed by atoms with Crippen molar-refractivity contribution in [3.63, 3.8) is 0 Å². The van der Waals surface area contributed by atoms with Gasteiger partial charge in [-0.3, -0.25) is 9.78 Å². The molecule has 1 saturated heterocycles. The van der Waals surface area contributed by atoms with Crippen LogP contribution in [0.5, 0.6) is 11.6 Å². The average molecular weight is 410 g/mol. The second kappa shape index (κ2) is 8.54. The standard InChI is InChI=1S/C19H18F4N4O2/c1-12-8-25-18(29-15-2-3-16(24-9-15)19(21,22)23)17(26-12)13-4-6-27(7-5-13)10-14(20)11-28/h2-3,8-11,13H,4-7H2,1H3. The van der Waals surface area contributed by atoms with Crippen LogP contribution in [0.25, 0.3) is 0 Å². The van der Waals surface area contributed by atoms with Crippen LogP contribution in [-0.2, 0) is 11.0 Å². The van der Waals surface area contributed by atoms with E-state index in [0.717, 1.165) is 12.3 Å². The number of nitrogens with zero attached hydrogens (tertiary/aromatic N) is 4. The van der Waals surface area contributed by atoms with Gasteiger partial charge in [-0.1, -0.05) is 0 Å². The predicted octanol–water partition coefficient (Wildman–Crippen LogP) is 4.18. The number of aryl methyl sites for hydroxylation is 1. The second-order valence-electron chi connectivity index (χ2n) is 6.62. The number of halogens is 4. The van der Waals surface area contributed by atoms with Crippen LogP contribution < -0.4 is 4.74 Å². The van der Waals surface area contributed by atoms with Crippen LogP contribution in [0.2, 0.25) is 0 Å². The Labute approximate surface area is 164 Å². The molecule has 0 bridgehead atoms. The number of alkyl halides is 3. The first-order valence-electron chi connectivity index (χ1n) is 8.87. The van der Waals surface area contributed by atoms with Gasteiger partial charge >= 0.3 is 6.18 Å². The summed E-state index contributed by atoms with van der Waals surface area (Å²) in [6, 6.07) is 2.01. The largest absolute Gasteiger partial charge is 0.436 e. The first-order valence-corrected chi connectivity index (χ1v) is 8.87. The Morgan fingerprint density at radius 2 is 1.93 bits per heavy atom. The van der Waals surface area contributed by atoms with Crippen LogP contribution in [0.4, 0.5) is 17.6 Å². The quantitative estimate of drug-likeness (QED) is 0.419. The fraction of sp³-hybridized carbons (Fsp3) is 0.368. The van der Waals surface area contributed by atoms with Gasteiger partial charge in [0.05, 0.1) is 18.1 Å². The summed E-state index contributed by atoms with van der Waals surface area (Å²) in [6.07, 6.45) is 0.555. The van der Waals surface area contributed by atoms with Crippen LogP contribution >= 0.6 is 0 Å². The van der Waals surface area contributed by atoms with Crippen molar-refractivity contribution in [3.05, 3.63) is 53.6 Å². The molecule has 1 fully saturated rings. The molecule has 154 valence electrons. The summed E-state index contributed by atoms with van der Waals surface area (Å²) in [4.78, 5) is 24.2. The maximum Gasteiger partial charge on any atom is 0.433 e. The maximum atomic E-state index is 13.1. The van der Waals surface area contributed by atoms with E-state index in [1.165, 1.54) is 18.5 Å². The Hall–Kier alpha value is -3.04. The molecule has 1 aliphatic heterocycles. The van der Waals surface area contributed by atoms with Crippen molar-refractivity contribution in [1.29, 1.82) is 0 Å². The van der Waals surface area contributed by atoms with Gasteiger partial charge in [-0.25, -0.2) is 14.4 Å². The van der Waals surface area contributed by atoms with Gasteiger partial charge < -0.3 is 9.64 Å². The van der Waals surface area contributed by atoms with Gasteiger partial charge in [0, 0.05) is 25.2 Å². The molecule has 10 heteroatoms. The van der Waals surface area contributed by atoms with Gasteiger partial charge in [-0.15, -0.1) is 0 Å². The molecular formula is C19H18F4N4O2. The van der Waals surface area contributed by atoms with Crippen molar-refractivity contribution in [1.82, 2.24) is 19.9 Å². The zero-order valence-electron chi connectivity index (χ0n) is 15.5. The van der Waals surface area contributed by atoms with Crippen molar-refractivity contribution in [2.45, 2.75) is 31.9 Å². The van der Waals surface area contributed by atoms with Crippen LogP contribution in [-0.4, -0.2) is 39.2 Å². The van der Waals surface area contributed by atoms with Crippen LogP contribution in [0.1, 0.15) is 35.8 Å². The lowest BCUT2D eigenvalue weighted by Crippen LogP contribution is -2.29. The lowest BCUT2D eigenvalue weighted by molar-refractivity contribution is -0.141. The van der Waals surface area contributed by atoms with E-state index in [4.69, 9.17) is 4.74 Å². The van der Waals surface area contributed by atoms with E-state index in [1.54, 1.807) is 11.8 Å². The van der Waals surface area contributed by atoms with E-state index < -0.39 is 17.7 Å². The van der Waals surface area contributed by atoms with Crippen LogP contribution in [0.3, 0.4) is 0 Å². The fourth-order valence-electron chi connectivity index (χ4n) is 3.06. The third kappa shape index (κ3) is 5.27. The Bertz CT molecular complexity index is 892. The highest BCUT2D eigenvalue weighted by molar-refractivity contribution is 5.69. The molecule has 1 aliphatic rings. The third-order valence-electron chi connectivity index (χ3n) is 4.46. The first-order chi connectivity index (χ1) is 13.8. The van der Waals surface area contributed by atoms with Gasteiger partial charge in [-0.05, 0) is 31.9 Å². The highest BCUT2D eigenvalue weighted by atomic mass is 19.4. The zero-order chi connectivity index (χ0) is 21.0. The zero-order valence-corrected chi connectivity index (χ0v) is 15.5. The van der Waals surface area contributed by atoms with Crippen LogP contribution in [0.15, 0.2) is 36.6 Å². The van der Waals surface area contributed by atoms with Crippen molar-refractivity contribution in [2.75, 3.05) is 13.1 Å². The maximum absolute atomic E-state index is 13.1. The molecule has 2 aromatic rings. The minimum Gasteiger partial charge on any atom is -0.436 e. The Morgan fingerprint density at radius 3 is 2.52 bits per heavy atom. The molecule has 0 radical (unpaired) electrons. The van der Waals surface area contributed by atoms with Gasteiger partial charge in [-0.2, -0.15) is 13.2 Å². The number of piperidine rings is 1. The topological polar surface area (TPSA) is 68.2 Å². The number of hydrogen-bond acceptors (Lipinski definition) is 6. The monoisotopic (exact) mass is 410 g/mol. The minimum atomic E-state index is -4.53. The molecule has 2 aromatic heterocycles. The molecule has 0 N–H and O–H groups in total. The molecule has 0 atom stereocenters. The van der Waals surface area contributed by atoms with E-state index in [-0.39, 0.29) is 23.8 Å². The van der Waals surface area contributed by atoms with Gasteiger partial charge in [0.25, 0.3) is 0 Å². The predicted molar refractivity (Wildman–Crippen MR) is 94.9 cm³/mol. The lowest BCUT2D eigenvalue weighted by Gasteiger charge is -2.31. The number of hydrogen-bond donors (Lipinski definition) is 0. The second-order valence-corrected chi connectivity index (χ2v) is 6.62. The van der Waals surface area contributed by atoms with Gasteiger partial charge in [0.1, 0.15) is 17.1 Å². The number of likely N-dealkylation sites (tertiary alicyclic amines) is 1. The number of aromatic nitrogens is 3. The van der Waals surface area contributed by atoms with Crippen molar-refractivity contribution >= 4 is 6.29 Å². The molecule has 0 aromatic carbocycles. The normalized spacial score (nSPS) is 16.0. The van der Waals surface area contributed by atoms with Crippen LogP contribution in [0, 0.1) is 6.92 Å². The summed E-state index contributed by atoms with van der Waals surface area (Å²) in [7, 11) is 0. The summed E-state index contributed by atoms with van der Waals surface area (Å²) in [5.41, 5.74) is 0.250. The number of pyridine rings is 1. The fourth-order valence-corrected chi connectivity index (χ4v) is 3.06. The van der Waals surface area contributed by atoms with Crippen molar-refractivity contribution < 1.29 is 27.1 Å². The molecule has 0 spiro atoms. The average Bonchev–Trinajstić information content (AvgIpc) is 2.69. The highest BCUT2D eigenvalue weighted by Gasteiger charge is 2.32. The van der Waals surface area contributed by atoms with Crippen molar-refractivity contribution in [3.8, 4) is 11.6 Å². The molecule has 0 saturated carbocycles. The number of carbonyl (C=O) groups is 1. The van der Waals surface area contributed by atoms with Crippen molar-refractivity contribution in [2.24, 2.45) is 0 Å². The summed E-state index contributed by atoms with van der Waals surface area (Å²) >= 11 is 0. The molecule has 29 heavy (non-hydrogen) atoms. The van der Waals surface area contributed by atoms with Gasteiger partial charge in [0.2, 0.25) is 5.88 Å². The summed E-state index contributed by atoms with van der Waals surface area (Å²) in [5, 5.41) is 0. The molecular weight excluding hydrogens is 392 g/mol. The Balaban J connectivity index is 1.76.